The first-order valence-electron chi connectivity index (χ1n) is 8.95. The van der Waals surface area contributed by atoms with Crippen LogP contribution in [0.2, 0.25) is 0 Å². The van der Waals surface area contributed by atoms with Gasteiger partial charge in [-0.05, 0) is 37.1 Å². The standard InChI is InChI=1S/C18H22N4O3S2/c1-13-11-15-12-16(3-4-17(15)22(13)14(2)23)27(24,25)21-8-6-20(7-9-21)18-19-5-10-26-18/h3-5,10,12-13H,6-9,11H2,1-2H3/t13-/m0/s1. The number of fused-ring (bicyclic) bond motifs is 1. The predicted molar refractivity (Wildman–Crippen MR) is 106 cm³/mol. The number of benzene rings is 1. The summed E-state index contributed by atoms with van der Waals surface area (Å²) in [5.41, 5.74) is 1.74. The van der Waals surface area contributed by atoms with Crippen LogP contribution >= 0.6 is 11.3 Å². The van der Waals surface area contributed by atoms with Gasteiger partial charge < -0.3 is 9.80 Å². The highest BCUT2D eigenvalue weighted by Crippen LogP contribution is 2.34. The van der Waals surface area contributed by atoms with E-state index in [1.807, 2.05) is 12.3 Å². The van der Waals surface area contributed by atoms with Crippen molar-refractivity contribution in [2.24, 2.45) is 0 Å². The lowest BCUT2D eigenvalue weighted by Crippen LogP contribution is -2.48. The van der Waals surface area contributed by atoms with Gasteiger partial charge in [-0.25, -0.2) is 13.4 Å². The Bertz CT molecular complexity index is 951. The Morgan fingerprint density at radius 2 is 1.96 bits per heavy atom. The average Bonchev–Trinajstić information content (AvgIpc) is 3.28. The zero-order chi connectivity index (χ0) is 19.2. The zero-order valence-electron chi connectivity index (χ0n) is 15.3. The van der Waals surface area contributed by atoms with Gasteiger partial charge in [0, 0.05) is 56.4 Å². The van der Waals surface area contributed by atoms with E-state index in [4.69, 9.17) is 0 Å². The largest absolute Gasteiger partial charge is 0.345 e. The molecule has 0 saturated carbocycles. The van der Waals surface area contributed by atoms with Gasteiger partial charge in [0.1, 0.15) is 0 Å². The molecule has 9 heteroatoms. The van der Waals surface area contributed by atoms with E-state index >= 15 is 0 Å². The normalized spacial score (nSPS) is 20.7. The fourth-order valence-corrected chi connectivity index (χ4v) is 6.06. The molecule has 2 aliphatic rings. The first-order chi connectivity index (χ1) is 12.9. The molecule has 0 spiro atoms. The molecule has 0 bridgehead atoms. The Morgan fingerprint density at radius 3 is 2.59 bits per heavy atom. The Labute approximate surface area is 163 Å². The number of sulfonamides is 1. The Morgan fingerprint density at radius 1 is 1.22 bits per heavy atom. The second kappa shape index (κ2) is 6.88. The third-order valence-electron chi connectivity index (χ3n) is 5.17. The summed E-state index contributed by atoms with van der Waals surface area (Å²) < 4.78 is 27.7. The first-order valence-corrected chi connectivity index (χ1v) is 11.3. The monoisotopic (exact) mass is 406 g/mol. The van der Waals surface area contributed by atoms with Crippen LogP contribution in [0.5, 0.6) is 0 Å². The van der Waals surface area contributed by atoms with E-state index in [2.05, 4.69) is 9.88 Å². The molecule has 0 unspecified atom stereocenters. The van der Waals surface area contributed by atoms with Gasteiger partial charge >= 0.3 is 0 Å². The highest BCUT2D eigenvalue weighted by atomic mass is 32.2. The maximum Gasteiger partial charge on any atom is 0.243 e. The van der Waals surface area contributed by atoms with Crippen molar-refractivity contribution >= 4 is 38.1 Å². The number of aromatic nitrogens is 1. The fourth-order valence-electron chi connectivity index (χ4n) is 3.89. The van der Waals surface area contributed by atoms with Crippen LogP contribution in [0.1, 0.15) is 19.4 Å². The van der Waals surface area contributed by atoms with Gasteiger partial charge in [-0.3, -0.25) is 4.79 Å². The molecule has 0 aliphatic carbocycles. The summed E-state index contributed by atoms with van der Waals surface area (Å²) in [6.07, 6.45) is 2.44. The molecule has 1 aromatic carbocycles. The van der Waals surface area contributed by atoms with Crippen molar-refractivity contribution < 1.29 is 13.2 Å². The van der Waals surface area contributed by atoms with E-state index in [1.54, 1.807) is 44.9 Å². The van der Waals surface area contributed by atoms with Crippen LogP contribution in [0.3, 0.4) is 0 Å². The van der Waals surface area contributed by atoms with Crippen molar-refractivity contribution in [3.8, 4) is 0 Å². The Hall–Kier alpha value is -1.97. The first kappa shape index (κ1) is 18.4. The molecule has 0 radical (unpaired) electrons. The van der Waals surface area contributed by atoms with Crippen molar-refractivity contribution in [3.05, 3.63) is 35.3 Å². The second-order valence-corrected chi connectivity index (χ2v) is 9.75. The van der Waals surface area contributed by atoms with E-state index in [-0.39, 0.29) is 11.9 Å². The summed E-state index contributed by atoms with van der Waals surface area (Å²) in [7, 11) is -3.54. The molecule has 1 aromatic heterocycles. The van der Waals surface area contributed by atoms with Crippen molar-refractivity contribution in [3.63, 3.8) is 0 Å². The molecule has 3 heterocycles. The van der Waals surface area contributed by atoms with Gasteiger partial charge in [0.2, 0.25) is 15.9 Å². The molecule has 4 rings (SSSR count). The second-order valence-electron chi connectivity index (χ2n) is 6.94. The molecule has 27 heavy (non-hydrogen) atoms. The average molecular weight is 407 g/mol. The highest BCUT2D eigenvalue weighted by molar-refractivity contribution is 7.89. The van der Waals surface area contributed by atoms with Gasteiger partial charge in [0.25, 0.3) is 0 Å². The van der Waals surface area contributed by atoms with Crippen molar-refractivity contribution in [1.82, 2.24) is 9.29 Å². The molecule has 2 aliphatic heterocycles. The molecule has 1 atom stereocenters. The summed E-state index contributed by atoms with van der Waals surface area (Å²) in [5.74, 6) is -0.0184. The van der Waals surface area contributed by atoms with Crippen molar-refractivity contribution in [1.29, 1.82) is 0 Å². The number of piperazine rings is 1. The SMILES string of the molecule is CC(=O)N1c2ccc(S(=O)(=O)N3CCN(c4nccs4)CC3)cc2C[C@@H]1C. The van der Waals surface area contributed by atoms with Crippen LogP contribution in [0.15, 0.2) is 34.7 Å². The minimum Gasteiger partial charge on any atom is -0.345 e. The van der Waals surface area contributed by atoms with Crippen LogP contribution < -0.4 is 9.80 Å². The molecular weight excluding hydrogens is 384 g/mol. The lowest BCUT2D eigenvalue weighted by atomic mass is 10.1. The Kier molecular flexibility index (Phi) is 4.69. The summed E-state index contributed by atoms with van der Waals surface area (Å²) in [4.78, 5) is 20.3. The maximum atomic E-state index is 13.1. The molecule has 1 saturated heterocycles. The summed E-state index contributed by atoms with van der Waals surface area (Å²) in [5, 5.41) is 2.86. The van der Waals surface area contributed by atoms with Crippen LogP contribution in [0.4, 0.5) is 10.8 Å². The summed E-state index contributed by atoms with van der Waals surface area (Å²) in [6.45, 7) is 5.66. The number of hydrogen-bond donors (Lipinski definition) is 0. The molecule has 2 aromatic rings. The molecule has 1 fully saturated rings. The number of hydrogen-bond acceptors (Lipinski definition) is 6. The van der Waals surface area contributed by atoms with Crippen LogP contribution in [-0.4, -0.2) is 55.8 Å². The highest BCUT2D eigenvalue weighted by Gasteiger charge is 2.33. The third kappa shape index (κ3) is 3.24. The number of carbonyl (C=O) groups is 1. The molecule has 0 N–H and O–H groups in total. The number of anilines is 2. The van der Waals surface area contributed by atoms with Gasteiger partial charge in [0.05, 0.1) is 4.90 Å². The quantitative estimate of drug-likeness (QED) is 0.779. The molecule has 144 valence electrons. The van der Waals surface area contributed by atoms with Crippen molar-refractivity contribution in [2.45, 2.75) is 31.2 Å². The zero-order valence-corrected chi connectivity index (χ0v) is 17.0. The van der Waals surface area contributed by atoms with Crippen LogP contribution in [-0.2, 0) is 21.2 Å². The number of carbonyl (C=O) groups excluding carboxylic acids is 1. The molecule has 7 nitrogen and oxygen atoms in total. The minimum atomic E-state index is -3.54. The Balaban J connectivity index is 1.54. The number of rotatable bonds is 3. The minimum absolute atomic E-state index is 0.0184. The van der Waals surface area contributed by atoms with Gasteiger partial charge in [-0.1, -0.05) is 0 Å². The van der Waals surface area contributed by atoms with Gasteiger partial charge in [-0.15, -0.1) is 11.3 Å². The van der Waals surface area contributed by atoms with E-state index in [9.17, 15) is 13.2 Å². The van der Waals surface area contributed by atoms with Crippen molar-refractivity contribution in [2.75, 3.05) is 36.0 Å². The number of amides is 1. The van der Waals surface area contributed by atoms with Gasteiger partial charge in [-0.2, -0.15) is 4.31 Å². The topological polar surface area (TPSA) is 73.8 Å². The van der Waals surface area contributed by atoms with E-state index < -0.39 is 10.0 Å². The third-order valence-corrected chi connectivity index (χ3v) is 7.90. The lowest BCUT2D eigenvalue weighted by molar-refractivity contribution is -0.116. The van der Waals surface area contributed by atoms with E-state index in [0.29, 0.717) is 37.5 Å². The smallest absolute Gasteiger partial charge is 0.243 e. The molecular formula is C18H22N4O3S2. The van der Waals surface area contributed by atoms with Crippen LogP contribution in [0.25, 0.3) is 0 Å². The summed E-state index contributed by atoms with van der Waals surface area (Å²) >= 11 is 1.57. The maximum absolute atomic E-state index is 13.1. The van der Waals surface area contributed by atoms with E-state index in [0.717, 1.165) is 16.4 Å². The lowest BCUT2D eigenvalue weighted by Gasteiger charge is -2.33. The number of thiazole rings is 1. The van der Waals surface area contributed by atoms with Crippen LogP contribution in [0, 0.1) is 0 Å². The predicted octanol–water partition coefficient (Wildman–Crippen LogP) is 1.95. The van der Waals surface area contributed by atoms with E-state index in [1.165, 1.54) is 6.92 Å². The van der Waals surface area contributed by atoms with Gasteiger partial charge in [0.15, 0.2) is 5.13 Å². The number of nitrogens with zero attached hydrogens (tertiary/aromatic N) is 4. The fraction of sp³-hybridized carbons (Fsp3) is 0.444. The molecule has 1 amide bonds. The summed E-state index contributed by atoms with van der Waals surface area (Å²) in [6, 6.07) is 5.17.